The van der Waals surface area contributed by atoms with Gasteiger partial charge < -0.3 is 25.5 Å². The Hall–Kier alpha value is -4.21. The number of piperidine rings is 1. The lowest BCUT2D eigenvalue weighted by molar-refractivity contribution is -0.140. The molecular weight excluding hydrogens is 603 g/mol. The van der Waals surface area contributed by atoms with E-state index >= 15 is 0 Å². The number of hydrogen-bond donors (Lipinski definition) is 4. The molecule has 0 bridgehead atoms. The van der Waals surface area contributed by atoms with Crippen molar-refractivity contribution in [2.75, 3.05) is 44.6 Å². The Morgan fingerprint density at radius 3 is 2.52 bits per heavy atom. The highest BCUT2D eigenvalue weighted by Gasteiger charge is 2.37. The van der Waals surface area contributed by atoms with Crippen molar-refractivity contribution >= 4 is 41.4 Å². The van der Waals surface area contributed by atoms with E-state index in [-0.39, 0.29) is 41.4 Å². The molecule has 4 aromatic rings. The number of fused-ring (bicyclic) bond motifs is 1. The molecule has 0 saturated carbocycles. The average Bonchev–Trinajstić information content (AvgIpc) is 3.65. The van der Waals surface area contributed by atoms with Gasteiger partial charge in [0.05, 0.1) is 35.7 Å². The molecule has 5 heterocycles. The Kier molecular flexibility index (Phi) is 8.81. The summed E-state index contributed by atoms with van der Waals surface area (Å²) < 4.78 is 41.8. The first-order chi connectivity index (χ1) is 20.6. The zero-order valence-corrected chi connectivity index (χ0v) is 24.5. The minimum Gasteiger partial charge on any atom is -0.392 e. The number of piperazine rings is 1. The predicted octanol–water partition coefficient (Wildman–Crippen LogP) is 2.87. The quantitative estimate of drug-likeness (QED) is 0.263. The number of carbonyl (C=O) groups excluding carboxylic acids is 2. The number of imidazole rings is 1. The third-order valence-corrected chi connectivity index (χ3v) is 7.90. The van der Waals surface area contributed by atoms with Crippen molar-refractivity contribution in [3.8, 4) is 11.3 Å². The van der Waals surface area contributed by atoms with Crippen molar-refractivity contribution in [2.24, 2.45) is 5.92 Å². The Bertz CT molecular complexity index is 1670. The summed E-state index contributed by atoms with van der Waals surface area (Å²) >= 11 is 0. The molecule has 6 rings (SSSR count). The van der Waals surface area contributed by atoms with Gasteiger partial charge in [0.25, 0.3) is 5.91 Å². The number of aromatic nitrogens is 5. The molecule has 1 aromatic carbocycles. The SMILES string of the molecule is Cc1cc(Nc2nccn3c(-c4cn[nH]c4C(F)(F)F)cnc23)ccc1C(=O)N1CCN(C(=O)[C@H]2CNC[C@H](O)C2)CC1.Cl. The van der Waals surface area contributed by atoms with Crippen LogP contribution in [0, 0.1) is 12.8 Å². The number of nitrogens with zero attached hydrogens (tertiary/aromatic N) is 6. The van der Waals surface area contributed by atoms with Crippen LogP contribution in [0.1, 0.15) is 28.0 Å². The summed E-state index contributed by atoms with van der Waals surface area (Å²) in [4.78, 5) is 38.3. The molecule has 2 atom stereocenters. The zero-order valence-electron chi connectivity index (χ0n) is 23.6. The molecule has 0 radical (unpaired) electrons. The lowest BCUT2D eigenvalue weighted by atomic mass is 9.96. The lowest BCUT2D eigenvalue weighted by Crippen LogP contribution is -2.54. The Balaban J connectivity index is 0.00000384. The highest BCUT2D eigenvalue weighted by molar-refractivity contribution is 5.96. The van der Waals surface area contributed by atoms with Gasteiger partial charge in [0, 0.05) is 62.9 Å². The maximum Gasteiger partial charge on any atom is 0.433 e. The van der Waals surface area contributed by atoms with E-state index in [2.05, 4.69) is 25.7 Å². The number of amides is 2. The second kappa shape index (κ2) is 12.4. The number of hydrogen-bond acceptors (Lipinski definition) is 8. The highest BCUT2D eigenvalue weighted by Crippen LogP contribution is 2.36. The van der Waals surface area contributed by atoms with Crippen LogP contribution in [0.15, 0.2) is 43.0 Å². The number of aliphatic hydroxyl groups is 1. The number of aryl methyl sites for hydroxylation is 1. The van der Waals surface area contributed by atoms with E-state index in [0.29, 0.717) is 68.4 Å². The van der Waals surface area contributed by atoms with Crippen molar-refractivity contribution in [3.63, 3.8) is 0 Å². The fourth-order valence-corrected chi connectivity index (χ4v) is 5.69. The van der Waals surface area contributed by atoms with Crippen LogP contribution in [0.5, 0.6) is 0 Å². The molecule has 16 heteroatoms. The molecule has 2 amide bonds. The van der Waals surface area contributed by atoms with E-state index in [1.54, 1.807) is 28.0 Å². The van der Waals surface area contributed by atoms with E-state index in [1.165, 1.54) is 23.0 Å². The van der Waals surface area contributed by atoms with E-state index in [4.69, 9.17) is 0 Å². The average molecular weight is 634 g/mol. The smallest absolute Gasteiger partial charge is 0.392 e. The van der Waals surface area contributed by atoms with E-state index < -0.39 is 18.0 Å². The van der Waals surface area contributed by atoms with Gasteiger partial charge in [-0.2, -0.15) is 18.3 Å². The first-order valence-corrected chi connectivity index (χ1v) is 13.9. The van der Waals surface area contributed by atoms with Gasteiger partial charge in [-0.3, -0.25) is 19.1 Å². The standard InChI is InChI=1S/C28H30F3N9O3.ClH/c1-16-10-18(36-24-25-34-15-22(40(25)5-4-33-24)21-14-35-37-23(21)28(29,30)31)2-3-20(16)27(43)39-8-6-38(7-9-39)26(42)17-11-19(41)13-32-12-17;/h2-5,10,14-15,17,19,32,41H,6-9,11-13H2,1H3,(H,33,36)(H,35,37);1H/t17-,19-;/m1./s1. The van der Waals surface area contributed by atoms with Crippen LogP contribution in [0.2, 0.25) is 0 Å². The molecule has 12 nitrogen and oxygen atoms in total. The third kappa shape index (κ3) is 6.07. The summed E-state index contributed by atoms with van der Waals surface area (Å²) in [6.07, 6.45) is 0.721. The van der Waals surface area contributed by atoms with Crippen LogP contribution >= 0.6 is 12.4 Å². The number of aromatic amines is 1. The third-order valence-electron chi connectivity index (χ3n) is 7.90. The Morgan fingerprint density at radius 2 is 1.82 bits per heavy atom. The summed E-state index contributed by atoms with van der Waals surface area (Å²) in [5.41, 5.74) is 1.29. The Morgan fingerprint density at radius 1 is 1.07 bits per heavy atom. The number of anilines is 2. The first kappa shape index (κ1) is 31.2. The summed E-state index contributed by atoms with van der Waals surface area (Å²) in [6, 6.07) is 5.24. The van der Waals surface area contributed by atoms with E-state index in [0.717, 1.165) is 11.8 Å². The van der Waals surface area contributed by atoms with E-state index in [1.807, 2.05) is 12.0 Å². The molecule has 2 aliphatic heterocycles. The minimum atomic E-state index is -4.61. The number of H-pyrrole nitrogens is 1. The maximum absolute atomic E-state index is 13.4. The van der Waals surface area contributed by atoms with Gasteiger partial charge in [0.2, 0.25) is 5.91 Å². The highest BCUT2D eigenvalue weighted by atomic mass is 35.5. The van der Waals surface area contributed by atoms with Crippen LogP contribution < -0.4 is 10.6 Å². The van der Waals surface area contributed by atoms with Gasteiger partial charge in [-0.1, -0.05) is 0 Å². The number of benzene rings is 1. The molecule has 4 N–H and O–H groups in total. The summed E-state index contributed by atoms with van der Waals surface area (Å²) in [7, 11) is 0. The van der Waals surface area contributed by atoms with Gasteiger partial charge in [-0.05, 0) is 37.1 Å². The van der Waals surface area contributed by atoms with E-state index in [9.17, 15) is 27.9 Å². The van der Waals surface area contributed by atoms with Gasteiger partial charge in [0.15, 0.2) is 11.5 Å². The lowest BCUT2D eigenvalue weighted by Gasteiger charge is -2.38. The van der Waals surface area contributed by atoms with Gasteiger partial charge in [0.1, 0.15) is 5.69 Å². The molecule has 0 aliphatic carbocycles. The second-order valence-electron chi connectivity index (χ2n) is 10.8. The normalized spacial score (nSPS) is 19.1. The van der Waals surface area contributed by atoms with Gasteiger partial charge >= 0.3 is 6.18 Å². The molecule has 0 unspecified atom stereocenters. The predicted molar refractivity (Wildman–Crippen MR) is 157 cm³/mol. The number of alkyl halides is 3. The van der Waals surface area contributed by atoms with Gasteiger partial charge in [-0.25, -0.2) is 9.97 Å². The topological polar surface area (TPSA) is 144 Å². The van der Waals surface area contributed by atoms with Crippen molar-refractivity contribution < 1.29 is 27.9 Å². The Labute approximate surface area is 256 Å². The number of carbonyl (C=O) groups is 2. The number of nitrogens with one attached hydrogen (secondary N) is 3. The molecule has 2 aliphatic rings. The fraction of sp³-hybridized carbons (Fsp3) is 0.393. The molecule has 0 spiro atoms. The monoisotopic (exact) mass is 633 g/mol. The molecular formula is C28H31ClF3N9O3. The largest absolute Gasteiger partial charge is 0.433 e. The van der Waals surface area contributed by atoms with Gasteiger partial charge in [-0.15, -0.1) is 12.4 Å². The molecule has 44 heavy (non-hydrogen) atoms. The van der Waals surface area contributed by atoms with Crippen molar-refractivity contribution in [1.29, 1.82) is 0 Å². The molecule has 2 saturated heterocycles. The van der Waals surface area contributed by atoms with Crippen molar-refractivity contribution in [2.45, 2.75) is 25.6 Å². The summed E-state index contributed by atoms with van der Waals surface area (Å²) in [5, 5.41) is 21.7. The van der Waals surface area contributed by atoms with Crippen molar-refractivity contribution in [1.82, 2.24) is 39.7 Å². The van der Waals surface area contributed by atoms with Crippen LogP contribution in [-0.2, 0) is 11.0 Å². The first-order valence-electron chi connectivity index (χ1n) is 13.9. The zero-order chi connectivity index (χ0) is 30.3. The number of rotatable bonds is 5. The van der Waals surface area contributed by atoms with Crippen LogP contribution in [-0.4, -0.2) is 96.7 Å². The number of aliphatic hydroxyl groups excluding tert-OH is 1. The minimum absolute atomic E-state index is 0. The molecule has 2 fully saturated rings. The molecule has 234 valence electrons. The summed E-state index contributed by atoms with van der Waals surface area (Å²) in [6.45, 7) is 4.54. The number of β-amino-alcohol motifs (C(OH)–C–C–N with tert-alkyl or cyclic N) is 1. The van der Waals surface area contributed by atoms with Crippen LogP contribution in [0.25, 0.3) is 16.9 Å². The van der Waals surface area contributed by atoms with Crippen LogP contribution in [0.4, 0.5) is 24.7 Å². The van der Waals surface area contributed by atoms with Crippen molar-refractivity contribution in [3.05, 3.63) is 59.8 Å². The number of halogens is 4. The second-order valence-corrected chi connectivity index (χ2v) is 10.8. The summed E-state index contributed by atoms with van der Waals surface area (Å²) in [5.74, 6) is -0.0655. The maximum atomic E-state index is 13.4. The fourth-order valence-electron chi connectivity index (χ4n) is 5.69. The molecule has 3 aromatic heterocycles. The van der Waals surface area contributed by atoms with Crippen LogP contribution in [0.3, 0.4) is 0 Å².